The first-order valence-electron chi connectivity index (χ1n) is 7.24. The van der Waals surface area contributed by atoms with E-state index in [1.54, 1.807) is 19.9 Å². The van der Waals surface area contributed by atoms with Gasteiger partial charge in [0.2, 0.25) is 0 Å². The number of nitrogens with one attached hydrogen (secondary N) is 1. The standard InChI is InChI=1S/C16H27FN2O/c1-12-5-6-14(11-15(12)17)16(18-3)8-10-19(4)9-7-13(2)20/h5-6,11,13,16,18,20H,7-10H2,1-4H3. The Labute approximate surface area is 121 Å². The Hall–Kier alpha value is -0.970. The molecule has 2 atom stereocenters. The second-order valence-corrected chi connectivity index (χ2v) is 5.58. The van der Waals surface area contributed by atoms with Gasteiger partial charge in [0.25, 0.3) is 0 Å². The smallest absolute Gasteiger partial charge is 0.126 e. The van der Waals surface area contributed by atoms with Gasteiger partial charge in [0, 0.05) is 12.6 Å². The van der Waals surface area contributed by atoms with Crippen LogP contribution in [0.2, 0.25) is 0 Å². The number of benzene rings is 1. The number of rotatable bonds is 8. The summed E-state index contributed by atoms with van der Waals surface area (Å²) in [5.41, 5.74) is 1.66. The lowest BCUT2D eigenvalue weighted by atomic mass is 10.0. The Morgan fingerprint density at radius 1 is 1.30 bits per heavy atom. The van der Waals surface area contributed by atoms with Gasteiger partial charge in [-0.3, -0.25) is 0 Å². The van der Waals surface area contributed by atoms with Gasteiger partial charge in [-0.15, -0.1) is 0 Å². The highest BCUT2D eigenvalue weighted by Crippen LogP contribution is 2.19. The highest BCUT2D eigenvalue weighted by atomic mass is 19.1. The molecule has 0 saturated carbocycles. The van der Waals surface area contributed by atoms with E-state index in [9.17, 15) is 9.50 Å². The highest BCUT2D eigenvalue weighted by Gasteiger charge is 2.12. The Balaban J connectivity index is 2.52. The summed E-state index contributed by atoms with van der Waals surface area (Å²) >= 11 is 0. The van der Waals surface area contributed by atoms with Crippen LogP contribution < -0.4 is 5.32 Å². The normalized spacial score (nSPS) is 14.6. The van der Waals surface area contributed by atoms with Crippen molar-refractivity contribution in [1.29, 1.82) is 0 Å². The van der Waals surface area contributed by atoms with Crippen molar-refractivity contribution in [3.8, 4) is 0 Å². The molecule has 0 aromatic heterocycles. The molecule has 4 heteroatoms. The molecule has 1 aromatic rings. The molecule has 0 fully saturated rings. The fraction of sp³-hybridized carbons (Fsp3) is 0.625. The topological polar surface area (TPSA) is 35.5 Å². The Kier molecular flexibility index (Phi) is 7.13. The van der Waals surface area contributed by atoms with Gasteiger partial charge in [0.1, 0.15) is 5.82 Å². The molecule has 0 radical (unpaired) electrons. The molecule has 2 unspecified atom stereocenters. The first-order valence-corrected chi connectivity index (χ1v) is 7.24. The average Bonchev–Trinajstić information content (AvgIpc) is 2.41. The predicted octanol–water partition coefficient (Wildman–Crippen LogP) is 2.49. The molecule has 0 aliphatic heterocycles. The van der Waals surface area contributed by atoms with E-state index < -0.39 is 0 Å². The van der Waals surface area contributed by atoms with Crippen molar-refractivity contribution in [1.82, 2.24) is 10.2 Å². The fourth-order valence-electron chi connectivity index (χ4n) is 2.17. The van der Waals surface area contributed by atoms with E-state index >= 15 is 0 Å². The molecule has 1 rings (SSSR count). The molecular weight excluding hydrogens is 255 g/mol. The lowest BCUT2D eigenvalue weighted by Crippen LogP contribution is -2.27. The number of aliphatic hydroxyl groups is 1. The summed E-state index contributed by atoms with van der Waals surface area (Å²) in [6.45, 7) is 5.36. The fourth-order valence-corrected chi connectivity index (χ4v) is 2.17. The van der Waals surface area contributed by atoms with Crippen LogP contribution in [-0.4, -0.2) is 43.3 Å². The van der Waals surface area contributed by atoms with Crippen molar-refractivity contribution in [2.75, 3.05) is 27.2 Å². The molecular formula is C16H27FN2O. The van der Waals surface area contributed by atoms with Gasteiger partial charge in [-0.2, -0.15) is 0 Å². The van der Waals surface area contributed by atoms with Crippen molar-refractivity contribution in [3.63, 3.8) is 0 Å². The number of halogens is 1. The molecule has 20 heavy (non-hydrogen) atoms. The van der Waals surface area contributed by atoms with E-state index in [0.29, 0.717) is 5.56 Å². The van der Waals surface area contributed by atoms with Crippen LogP contribution in [0.3, 0.4) is 0 Å². The first kappa shape index (κ1) is 17.1. The molecule has 114 valence electrons. The minimum atomic E-state index is -0.260. The third-order valence-electron chi connectivity index (χ3n) is 3.67. The van der Waals surface area contributed by atoms with Crippen LogP contribution in [-0.2, 0) is 0 Å². The van der Waals surface area contributed by atoms with Crippen LogP contribution in [0.5, 0.6) is 0 Å². The molecule has 0 saturated heterocycles. The molecule has 0 amide bonds. The van der Waals surface area contributed by atoms with E-state index in [0.717, 1.165) is 31.5 Å². The maximum atomic E-state index is 13.6. The van der Waals surface area contributed by atoms with Gasteiger partial charge in [-0.25, -0.2) is 4.39 Å². The number of nitrogens with zero attached hydrogens (tertiary/aromatic N) is 1. The van der Waals surface area contributed by atoms with Crippen LogP contribution in [0.1, 0.15) is 36.9 Å². The van der Waals surface area contributed by atoms with Crippen LogP contribution in [0.25, 0.3) is 0 Å². The summed E-state index contributed by atoms with van der Waals surface area (Å²) < 4.78 is 13.6. The third kappa shape index (κ3) is 5.57. The Morgan fingerprint density at radius 3 is 2.50 bits per heavy atom. The van der Waals surface area contributed by atoms with Crippen LogP contribution in [0.4, 0.5) is 4.39 Å². The molecule has 0 bridgehead atoms. The van der Waals surface area contributed by atoms with Gasteiger partial charge < -0.3 is 15.3 Å². The quantitative estimate of drug-likeness (QED) is 0.769. The summed E-state index contributed by atoms with van der Waals surface area (Å²) in [5.74, 6) is -0.148. The molecule has 3 nitrogen and oxygen atoms in total. The van der Waals surface area contributed by atoms with Gasteiger partial charge in [-0.1, -0.05) is 12.1 Å². The summed E-state index contributed by atoms with van der Waals surface area (Å²) in [4.78, 5) is 2.20. The molecule has 0 heterocycles. The van der Waals surface area contributed by atoms with Crippen LogP contribution in [0.15, 0.2) is 18.2 Å². The highest BCUT2D eigenvalue weighted by molar-refractivity contribution is 5.25. The molecule has 0 aliphatic carbocycles. The zero-order valence-corrected chi connectivity index (χ0v) is 13.0. The Morgan fingerprint density at radius 2 is 1.95 bits per heavy atom. The van der Waals surface area contributed by atoms with Gasteiger partial charge in [-0.05, 0) is 64.5 Å². The zero-order valence-electron chi connectivity index (χ0n) is 13.0. The van der Waals surface area contributed by atoms with Crippen LogP contribution >= 0.6 is 0 Å². The summed E-state index contributed by atoms with van der Waals surface area (Å²) in [6, 6.07) is 5.58. The van der Waals surface area contributed by atoms with Crippen molar-refractivity contribution in [3.05, 3.63) is 35.1 Å². The van der Waals surface area contributed by atoms with E-state index in [4.69, 9.17) is 0 Å². The zero-order chi connectivity index (χ0) is 15.1. The third-order valence-corrected chi connectivity index (χ3v) is 3.67. The lowest BCUT2D eigenvalue weighted by Gasteiger charge is -2.22. The largest absolute Gasteiger partial charge is 0.393 e. The number of aryl methyl sites for hydroxylation is 1. The minimum absolute atomic E-state index is 0.148. The monoisotopic (exact) mass is 282 g/mol. The van der Waals surface area contributed by atoms with E-state index in [2.05, 4.69) is 10.2 Å². The second kappa shape index (κ2) is 8.35. The molecule has 1 aromatic carbocycles. The first-order chi connectivity index (χ1) is 9.43. The summed E-state index contributed by atoms with van der Waals surface area (Å²) in [5, 5.41) is 12.5. The van der Waals surface area contributed by atoms with Crippen LogP contribution in [0, 0.1) is 12.7 Å². The second-order valence-electron chi connectivity index (χ2n) is 5.58. The average molecular weight is 282 g/mol. The predicted molar refractivity (Wildman–Crippen MR) is 81.3 cm³/mol. The van der Waals surface area contributed by atoms with Gasteiger partial charge in [0.15, 0.2) is 0 Å². The summed E-state index contributed by atoms with van der Waals surface area (Å²) in [7, 11) is 3.95. The Bertz CT molecular complexity index is 409. The maximum absolute atomic E-state index is 13.6. The molecule has 0 spiro atoms. The number of hydrogen-bond donors (Lipinski definition) is 2. The summed E-state index contributed by atoms with van der Waals surface area (Å²) in [6.07, 6.45) is 1.43. The van der Waals surface area contributed by atoms with Gasteiger partial charge in [0.05, 0.1) is 6.10 Å². The van der Waals surface area contributed by atoms with Crippen molar-refractivity contribution >= 4 is 0 Å². The van der Waals surface area contributed by atoms with Gasteiger partial charge >= 0.3 is 0 Å². The number of aliphatic hydroxyl groups excluding tert-OH is 1. The van der Waals surface area contributed by atoms with E-state index in [1.807, 2.05) is 26.2 Å². The lowest BCUT2D eigenvalue weighted by molar-refractivity contribution is 0.163. The maximum Gasteiger partial charge on any atom is 0.126 e. The van der Waals surface area contributed by atoms with E-state index in [-0.39, 0.29) is 18.0 Å². The molecule has 2 N–H and O–H groups in total. The SMILES string of the molecule is CNC(CCN(C)CCC(C)O)c1ccc(C)c(F)c1. The van der Waals surface area contributed by atoms with Crippen molar-refractivity contribution in [2.45, 2.75) is 38.8 Å². The number of hydrogen-bond acceptors (Lipinski definition) is 3. The van der Waals surface area contributed by atoms with Crippen molar-refractivity contribution in [2.24, 2.45) is 0 Å². The van der Waals surface area contributed by atoms with Crippen molar-refractivity contribution < 1.29 is 9.50 Å². The molecule has 0 aliphatic rings. The minimum Gasteiger partial charge on any atom is -0.393 e. The van der Waals surface area contributed by atoms with E-state index in [1.165, 1.54) is 0 Å².